The number of allylic oxidation sites excluding steroid dienone is 1. The van der Waals surface area contributed by atoms with Crippen molar-refractivity contribution in [1.82, 2.24) is 0 Å². The van der Waals surface area contributed by atoms with Crippen molar-refractivity contribution < 1.29 is 25.2 Å². The third kappa shape index (κ3) is 11.2. The first-order valence-electron chi connectivity index (χ1n) is 7.54. The molecule has 0 spiro atoms. The van der Waals surface area contributed by atoms with Crippen LogP contribution in [0.25, 0.3) is 0 Å². The van der Waals surface area contributed by atoms with Gasteiger partial charge in [0.25, 0.3) is 0 Å². The number of carbonyl (C=O) groups is 1. The van der Waals surface area contributed by atoms with Gasteiger partial charge >= 0.3 is 5.97 Å². The summed E-state index contributed by atoms with van der Waals surface area (Å²) in [6.45, 7) is 3.71. The lowest BCUT2D eigenvalue weighted by atomic mass is 10.0. The Kier molecular flexibility index (Phi) is 9.95. The van der Waals surface area contributed by atoms with E-state index in [9.17, 15) is 15.0 Å². The van der Waals surface area contributed by atoms with E-state index in [0.29, 0.717) is 19.3 Å². The number of aliphatic hydroxyl groups excluding tert-OH is 1. The Balaban J connectivity index is 4.54. The van der Waals surface area contributed by atoms with Crippen LogP contribution in [0, 0.1) is 0 Å². The summed E-state index contributed by atoms with van der Waals surface area (Å²) < 4.78 is 0. The molecular formula is C16H28O5. The fraction of sp³-hybridized carbons (Fsp3) is 0.688. The van der Waals surface area contributed by atoms with E-state index in [4.69, 9.17) is 10.2 Å². The highest BCUT2D eigenvalue weighted by Crippen LogP contribution is 2.17. The molecule has 0 amide bonds. The van der Waals surface area contributed by atoms with Crippen molar-refractivity contribution in [2.45, 2.75) is 70.7 Å². The monoisotopic (exact) mass is 300 g/mol. The fourth-order valence-corrected chi connectivity index (χ4v) is 1.88. The lowest BCUT2D eigenvalue weighted by molar-refractivity contribution is -0.135. The lowest BCUT2D eigenvalue weighted by Gasteiger charge is -2.17. The highest BCUT2D eigenvalue weighted by atomic mass is 16.5. The summed E-state index contributed by atoms with van der Waals surface area (Å²) in [6, 6.07) is 0. The number of carboxylic acids is 1. The second-order valence-corrected chi connectivity index (χ2v) is 5.42. The summed E-state index contributed by atoms with van der Waals surface area (Å²) in [7, 11) is 0. The molecule has 5 nitrogen and oxygen atoms in total. The van der Waals surface area contributed by atoms with Gasteiger partial charge in [0.2, 0.25) is 0 Å². The van der Waals surface area contributed by atoms with E-state index in [1.54, 1.807) is 13.0 Å². The van der Waals surface area contributed by atoms with E-state index >= 15 is 0 Å². The predicted octanol–water partition coefficient (Wildman–Crippen LogP) is 2.37. The maximum Gasteiger partial charge on any atom is 0.335 e. The van der Waals surface area contributed by atoms with Crippen LogP contribution in [-0.2, 0) is 4.79 Å². The third-order valence-electron chi connectivity index (χ3n) is 3.07. The first kappa shape index (κ1) is 19.8. The predicted molar refractivity (Wildman–Crippen MR) is 81.7 cm³/mol. The van der Waals surface area contributed by atoms with Gasteiger partial charge in [0.15, 0.2) is 5.79 Å². The van der Waals surface area contributed by atoms with Gasteiger partial charge in [-0.1, -0.05) is 31.9 Å². The summed E-state index contributed by atoms with van der Waals surface area (Å²) in [5, 5.41) is 37.7. The third-order valence-corrected chi connectivity index (χ3v) is 3.07. The molecule has 122 valence electrons. The van der Waals surface area contributed by atoms with E-state index in [-0.39, 0.29) is 18.1 Å². The van der Waals surface area contributed by atoms with Crippen LogP contribution >= 0.6 is 0 Å². The van der Waals surface area contributed by atoms with Crippen molar-refractivity contribution in [2.75, 3.05) is 0 Å². The highest BCUT2D eigenvalue weighted by Gasteiger charge is 2.21. The van der Waals surface area contributed by atoms with Crippen LogP contribution in [-0.4, -0.2) is 38.3 Å². The number of unbranched alkanes of at least 4 members (excludes halogenated alkanes) is 3. The van der Waals surface area contributed by atoms with Gasteiger partial charge in [0.1, 0.15) is 0 Å². The maximum absolute atomic E-state index is 11.1. The fourth-order valence-electron chi connectivity index (χ4n) is 1.88. The summed E-state index contributed by atoms with van der Waals surface area (Å²) >= 11 is 0. The van der Waals surface area contributed by atoms with Gasteiger partial charge in [0, 0.05) is 6.42 Å². The Morgan fingerprint density at radius 1 is 1.24 bits per heavy atom. The molecule has 0 saturated heterocycles. The van der Waals surface area contributed by atoms with Crippen LogP contribution in [0.5, 0.6) is 0 Å². The Hall–Kier alpha value is -1.17. The summed E-state index contributed by atoms with van der Waals surface area (Å²) in [4.78, 5) is 11.1. The molecule has 0 aromatic rings. The Morgan fingerprint density at radius 2 is 1.90 bits per heavy atom. The number of aliphatic carboxylic acids is 1. The molecule has 5 heteroatoms. The van der Waals surface area contributed by atoms with Gasteiger partial charge in [-0.15, -0.1) is 0 Å². The standard InChI is InChI=1S/C16H28O5/c1-3-4-8-11-16(20,21)12-14(15(18)19)10-7-5-6-9-13(2)17/h7,10,12-13,17,20-21H,3-6,8-9,11H2,1-2H3,(H,18,19). The van der Waals surface area contributed by atoms with Crippen LogP contribution in [0.1, 0.15) is 58.8 Å². The van der Waals surface area contributed by atoms with Gasteiger partial charge in [-0.25, -0.2) is 4.79 Å². The summed E-state index contributed by atoms with van der Waals surface area (Å²) in [6.07, 6.45) is 8.27. The molecule has 0 radical (unpaired) electrons. The molecule has 1 atom stereocenters. The zero-order chi connectivity index (χ0) is 16.3. The van der Waals surface area contributed by atoms with E-state index in [0.717, 1.165) is 25.3 Å². The minimum Gasteiger partial charge on any atom is -0.478 e. The topological polar surface area (TPSA) is 98.0 Å². The van der Waals surface area contributed by atoms with Gasteiger partial charge in [0.05, 0.1) is 11.7 Å². The molecule has 0 aromatic carbocycles. The van der Waals surface area contributed by atoms with Crippen LogP contribution in [0.2, 0.25) is 0 Å². The number of rotatable bonds is 11. The molecule has 0 rings (SSSR count). The smallest absolute Gasteiger partial charge is 0.335 e. The largest absolute Gasteiger partial charge is 0.478 e. The number of aliphatic hydroxyl groups is 3. The number of carboxylic acid groups (broad SMARTS) is 1. The zero-order valence-electron chi connectivity index (χ0n) is 13.0. The van der Waals surface area contributed by atoms with Crippen LogP contribution in [0.4, 0.5) is 0 Å². The molecular weight excluding hydrogens is 272 g/mol. The molecule has 0 aromatic heterocycles. The van der Waals surface area contributed by atoms with Gasteiger partial charge in [-0.2, -0.15) is 0 Å². The van der Waals surface area contributed by atoms with E-state index < -0.39 is 11.8 Å². The SMILES string of the molecule is CCCCCC(O)(O)C=C(C=CCCCC(C)O)C(=O)O. The molecule has 0 heterocycles. The van der Waals surface area contributed by atoms with Crippen molar-refractivity contribution in [3.05, 3.63) is 23.8 Å². The van der Waals surface area contributed by atoms with E-state index in [1.165, 1.54) is 6.08 Å². The summed E-state index contributed by atoms with van der Waals surface area (Å²) in [5.41, 5.74) is -0.131. The van der Waals surface area contributed by atoms with Crippen molar-refractivity contribution in [3.8, 4) is 0 Å². The Bertz CT molecular complexity index is 356. The second-order valence-electron chi connectivity index (χ2n) is 5.42. The Labute approximate surface area is 126 Å². The molecule has 21 heavy (non-hydrogen) atoms. The lowest BCUT2D eigenvalue weighted by Crippen LogP contribution is -2.26. The quantitative estimate of drug-likeness (QED) is 0.203. The first-order chi connectivity index (χ1) is 9.78. The van der Waals surface area contributed by atoms with Crippen molar-refractivity contribution in [1.29, 1.82) is 0 Å². The molecule has 0 aliphatic carbocycles. The molecule has 0 aliphatic heterocycles. The minimum atomic E-state index is -2.09. The molecule has 0 saturated carbocycles. The van der Waals surface area contributed by atoms with Gasteiger partial charge in [-0.3, -0.25) is 0 Å². The second kappa shape index (κ2) is 10.5. The number of hydrogen-bond acceptors (Lipinski definition) is 4. The van der Waals surface area contributed by atoms with E-state index in [2.05, 4.69) is 0 Å². The average Bonchev–Trinajstić information content (AvgIpc) is 2.36. The summed E-state index contributed by atoms with van der Waals surface area (Å²) in [5.74, 6) is -3.28. The van der Waals surface area contributed by atoms with E-state index in [1.807, 2.05) is 6.92 Å². The molecule has 1 unspecified atom stereocenters. The minimum absolute atomic E-state index is 0.119. The first-order valence-corrected chi connectivity index (χ1v) is 7.54. The normalized spacial score (nSPS) is 14.6. The molecule has 4 N–H and O–H groups in total. The molecule has 0 fully saturated rings. The molecule has 0 aliphatic rings. The number of hydrogen-bond donors (Lipinski definition) is 4. The van der Waals surface area contributed by atoms with Crippen LogP contribution in [0.15, 0.2) is 23.8 Å². The average molecular weight is 300 g/mol. The maximum atomic E-state index is 11.1. The van der Waals surface area contributed by atoms with Crippen molar-refractivity contribution >= 4 is 5.97 Å². The van der Waals surface area contributed by atoms with Crippen molar-refractivity contribution in [2.24, 2.45) is 0 Å². The van der Waals surface area contributed by atoms with Crippen LogP contribution < -0.4 is 0 Å². The Morgan fingerprint density at radius 3 is 2.43 bits per heavy atom. The zero-order valence-corrected chi connectivity index (χ0v) is 13.0. The molecule has 0 bridgehead atoms. The van der Waals surface area contributed by atoms with Gasteiger partial charge < -0.3 is 20.4 Å². The van der Waals surface area contributed by atoms with Crippen LogP contribution in [0.3, 0.4) is 0 Å². The van der Waals surface area contributed by atoms with Crippen molar-refractivity contribution in [3.63, 3.8) is 0 Å². The van der Waals surface area contributed by atoms with Gasteiger partial charge in [-0.05, 0) is 38.7 Å². The highest BCUT2D eigenvalue weighted by molar-refractivity contribution is 5.89.